The van der Waals surface area contributed by atoms with Crippen LogP contribution in [0.3, 0.4) is 0 Å². The van der Waals surface area contributed by atoms with Crippen LogP contribution < -0.4 is 4.18 Å². The lowest BCUT2D eigenvalue weighted by Gasteiger charge is -2.21. The monoisotopic (exact) mass is 428 g/mol. The zero-order chi connectivity index (χ0) is 19.2. The number of hydrogen-bond donors (Lipinski definition) is 0. The van der Waals surface area contributed by atoms with E-state index in [1.165, 1.54) is 19.1 Å². The quantitative estimate of drug-likeness (QED) is 0.543. The number of aromatic nitrogens is 2. The molecular formula is C17H21BrN2O4S. The molecule has 0 aliphatic heterocycles. The van der Waals surface area contributed by atoms with Crippen molar-refractivity contribution in [2.24, 2.45) is 0 Å². The van der Waals surface area contributed by atoms with Crippen LogP contribution in [0.2, 0.25) is 0 Å². The molecule has 0 radical (unpaired) electrons. The number of Topliss-reactive ketones (excluding diaryl/α,β-unsaturated/α-hetero) is 1. The molecule has 25 heavy (non-hydrogen) atoms. The fraction of sp³-hybridized carbons (Fsp3) is 0.412. The number of ketones is 1. The smallest absolute Gasteiger partial charge is 0.342 e. The van der Waals surface area contributed by atoms with Crippen LogP contribution in [-0.4, -0.2) is 24.0 Å². The summed E-state index contributed by atoms with van der Waals surface area (Å²) in [4.78, 5) is 11.8. The van der Waals surface area contributed by atoms with Crippen molar-refractivity contribution in [3.05, 3.63) is 39.6 Å². The summed E-state index contributed by atoms with van der Waals surface area (Å²) in [5.74, 6) is -0.289. The molecule has 8 heteroatoms. The van der Waals surface area contributed by atoms with Crippen LogP contribution >= 0.6 is 15.9 Å². The molecule has 0 amide bonds. The van der Waals surface area contributed by atoms with Gasteiger partial charge < -0.3 is 4.18 Å². The molecule has 0 aliphatic carbocycles. The summed E-state index contributed by atoms with van der Waals surface area (Å²) in [6, 6.07) is 4.61. The van der Waals surface area contributed by atoms with Gasteiger partial charge in [0, 0.05) is 4.47 Å². The summed E-state index contributed by atoms with van der Waals surface area (Å²) >= 11 is 3.27. The number of nitrogens with zero attached hydrogens (tertiary/aromatic N) is 2. The van der Waals surface area contributed by atoms with E-state index in [0.717, 1.165) is 0 Å². The lowest BCUT2D eigenvalue weighted by molar-refractivity contribution is 0.101. The minimum atomic E-state index is -4.13. The number of halogens is 1. The van der Waals surface area contributed by atoms with Gasteiger partial charge in [-0.25, -0.2) is 0 Å². The maximum absolute atomic E-state index is 12.8. The molecule has 0 aliphatic rings. The van der Waals surface area contributed by atoms with Gasteiger partial charge in [0.2, 0.25) is 0 Å². The molecule has 0 saturated carbocycles. The van der Waals surface area contributed by atoms with Gasteiger partial charge in [0.05, 0.1) is 22.5 Å². The average molecular weight is 429 g/mol. The molecule has 2 aromatic rings. The van der Waals surface area contributed by atoms with E-state index in [4.69, 9.17) is 4.18 Å². The summed E-state index contributed by atoms with van der Waals surface area (Å²) in [6.07, 6.45) is 0. The summed E-state index contributed by atoms with van der Waals surface area (Å²) in [6.45, 7) is 10.5. The van der Waals surface area contributed by atoms with Crippen LogP contribution in [0.15, 0.2) is 27.6 Å². The molecule has 0 fully saturated rings. The van der Waals surface area contributed by atoms with E-state index < -0.39 is 10.1 Å². The molecule has 2 rings (SSSR count). The fourth-order valence-corrected chi connectivity index (χ4v) is 4.33. The molecule has 136 valence electrons. The predicted octanol–water partition coefficient (Wildman–Crippen LogP) is 3.99. The molecular weight excluding hydrogens is 408 g/mol. The first kappa shape index (κ1) is 19.7. The van der Waals surface area contributed by atoms with Crippen molar-refractivity contribution in [3.63, 3.8) is 0 Å². The Hall–Kier alpha value is -1.67. The summed E-state index contributed by atoms with van der Waals surface area (Å²) in [5.41, 5.74) is 0.668. The number of carbonyl (C=O) groups excluding carboxylic acids is 1. The topological polar surface area (TPSA) is 78.3 Å². The molecule has 0 atom stereocenters. The lowest BCUT2D eigenvalue weighted by Crippen LogP contribution is -2.25. The van der Waals surface area contributed by atoms with Crippen LogP contribution in [0.25, 0.3) is 0 Å². The second-order valence-electron chi connectivity index (χ2n) is 6.82. The minimum absolute atomic E-state index is 0.00184. The fourth-order valence-electron chi connectivity index (χ4n) is 2.65. The Morgan fingerprint density at radius 2 is 1.84 bits per heavy atom. The van der Waals surface area contributed by atoms with Crippen molar-refractivity contribution < 1.29 is 17.4 Å². The highest BCUT2D eigenvalue weighted by Crippen LogP contribution is 2.30. The Morgan fingerprint density at radius 3 is 2.32 bits per heavy atom. The average Bonchev–Trinajstić information content (AvgIpc) is 2.76. The molecule has 6 nitrogen and oxygen atoms in total. The van der Waals surface area contributed by atoms with Gasteiger partial charge in [-0.15, -0.1) is 0 Å². The number of benzene rings is 1. The predicted molar refractivity (Wildman–Crippen MR) is 98.7 cm³/mol. The standard InChI is InChI=1S/C17H21BrN2O4S/c1-10-16(11(2)20(19-10)17(4,5)6)25(22,23)24-15-8-7-13(18)9-14(15)12(3)21/h7-9H,1-6H3. The van der Waals surface area contributed by atoms with Gasteiger partial charge in [-0.3, -0.25) is 9.48 Å². The van der Waals surface area contributed by atoms with Crippen LogP contribution in [0.5, 0.6) is 5.75 Å². The van der Waals surface area contributed by atoms with Crippen molar-refractivity contribution in [1.29, 1.82) is 0 Å². The first-order valence-corrected chi connectivity index (χ1v) is 9.86. The van der Waals surface area contributed by atoms with E-state index in [2.05, 4.69) is 21.0 Å². The first-order chi connectivity index (χ1) is 11.3. The third kappa shape index (κ3) is 3.95. The summed E-state index contributed by atoms with van der Waals surface area (Å²) < 4.78 is 33.3. The van der Waals surface area contributed by atoms with Gasteiger partial charge in [-0.1, -0.05) is 15.9 Å². The molecule has 0 saturated heterocycles. The number of carbonyl (C=O) groups is 1. The van der Waals surface area contributed by atoms with Crippen molar-refractivity contribution in [1.82, 2.24) is 9.78 Å². The van der Waals surface area contributed by atoms with Gasteiger partial charge in [-0.05, 0) is 59.7 Å². The highest BCUT2D eigenvalue weighted by atomic mass is 79.9. The largest absolute Gasteiger partial charge is 0.378 e. The normalized spacial score (nSPS) is 12.3. The molecule has 0 spiro atoms. The van der Waals surface area contributed by atoms with Gasteiger partial charge >= 0.3 is 10.1 Å². The third-order valence-electron chi connectivity index (χ3n) is 3.63. The van der Waals surface area contributed by atoms with E-state index in [1.807, 2.05) is 20.8 Å². The SMILES string of the molecule is CC(=O)c1cc(Br)ccc1OS(=O)(=O)c1c(C)nn(C(C)(C)C)c1C. The van der Waals surface area contributed by atoms with Gasteiger partial charge in [0.15, 0.2) is 11.5 Å². The molecule has 1 aromatic carbocycles. The van der Waals surface area contributed by atoms with E-state index >= 15 is 0 Å². The Bertz CT molecular complexity index is 940. The summed E-state index contributed by atoms with van der Waals surface area (Å²) in [7, 11) is -4.13. The van der Waals surface area contributed by atoms with Crippen molar-refractivity contribution in [2.45, 2.75) is 52.0 Å². The number of aryl methyl sites for hydroxylation is 1. The zero-order valence-corrected chi connectivity index (χ0v) is 17.4. The second kappa shape index (κ2) is 6.57. The van der Waals surface area contributed by atoms with Gasteiger partial charge in [0.1, 0.15) is 4.90 Å². The van der Waals surface area contributed by atoms with Crippen LogP contribution in [0.1, 0.15) is 49.4 Å². The van der Waals surface area contributed by atoms with Gasteiger partial charge in [0.25, 0.3) is 0 Å². The second-order valence-corrected chi connectivity index (χ2v) is 9.22. The van der Waals surface area contributed by atoms with Crippen molar-refractivity contribution in [2.75, 3.05) is 0 Å². The Kier molecular flexibility index (Phi) is 5.16. The molecule has 0 N–H and O–H groups in total. The molecule has 0 unspecified atom stereocenters. The van der Waals surface area contributed by atoms with Crippen molar-refractivity contribution >= 4 is 31.8 Å². The first-order valence-electron chi connectivity index (χ1n) is 7.66. The van der Waals surface area contributed by atoms with Crippen LogP contribution in [0.4, 0.5) is 0 Å². The molecule has 0 bridgehead atoms. The lowest BCUT2D eigenvalue weighted by atomic mass is 10.1. The van der Waals surface area contributed by atoms with E-state index in [1.54, 1.807) is 24.6 Å². The van der Waals surface area contributed by atoms with E-state index in [-0.39, 0.29) is 27.5 Å². The van der Waals surface area contributed by atoms with Crippen LogP contribution in [0, 0.1) is 13.8 Å². The molecule has 1 heterocycles. The van der Waals surface area contributed by atoms with Gasteiger partial charge in [-0.2, -0.15) is 13.5 Å². The van der Waals surface area contributed by atoms with E-state index in [9.17, 15) is 13.2 Å². The maximum atomic E-state index is 12.8. The zero-order valence-electron chi connectivity index (χ0n) is 15.0. The summed E-state index contributed by atoms with van der Waals surface area (Å²) in [5, 5.41) is 4.34. The highest BCUT2D eigenvalue weighted by molar-refractivity contribution is 9.10. The third-order valence-corrected chi connectivity index (χ3v) is 5.61. The number of hydrogen-bond acceptors (Lipinski definition) is 5. The number of rotatable bonds is 4. The Balaban J connectivity index is 2.56. The Morgan fingerprint density at radius 1 is 1.24 bits per heavy atom. The maximum Gasteiger partial charge on any atom is 0.342 e. The van der Waals surface area contributed by atoms with E-state index in [0.29, 0.717) is 15.9 Å². The minimum Gasteiger partial charge on any atom is -0.378 e. The van der Waals surface area contributed by atoms with Crippen molar-refractivity contribution in [3.8, 4) is 5.75 Å². The highest BCUT2D eigenvalue weighted by Gasteiger charge is 2.30. The molecule has 1 aromatic heterocycles. The Labute approximate surface area is 156 Å². The van der Waals surface area contributed by atoms with Crippen LogP contribution in [-0.2, 0) is 15.7 Å².